The van der Waals surface area contributed by atoms with Crippen molar-refractivity contribution in [3.8, 4) is 0 Å². The summed E-state index contributed by atoms with van der Waals surface area (Å²) in [6.45, 7) is 7.00. The van der Waals surface area contributed by atoms with Crippen LogP contribution in [0.4, 0.5) is 0 Å². The van der Waals surface area contributed by atoms with Crippen LogP contribution in [0.2, 0.25) is 0 Å². The molecule has 0 aliphatic heterocycles. The standard InChI is InChI=1S/C14H28N2S/c1-5-11(10-13(15)17)16(4)12-6-8-14(2,3)9-7-12/h11-12H,5-10H2,1-4H3,(H2,15,17). The first-order chi connectivity index (χ1) is 7.85. The van der Waals surface area contributed by atoms with Crippen molar-refractivity contribution in [2.45, 2.75) is 71.4 Å². The van der Waals surface area contributed by atoms with E-state index in [-0.39, 0.29) is 0 Å². The lowest BCUT2D eigenvalue weighted by molar-refractivity contribution is 0.0948. The molecule has 100 valence electrons. The molecule has 0 spiro atoms. The minimum Gasteiger partial charge on any atom is -0.393 e. The van der Waals surface area contributed by atoms with Gasteiger partial charge in [0.15, 0.2) is 0 Å². The van der Waals surface area contributed by atoms with E-state index in [1.54, 1.807) is 0 Å². The van der Waals surface area contributed by atoms with E-state index in [1.165, 1.54) is 25.7 Å². The number of rotatable bonds is 5. The Morgan fingerprint density at radius 2 is 1.94 bits per heavy atom. The Balaban J connectivity index is 2.51. The van der Waals surface area contributed by atoms with Crippen molar-refractivity contribution in [2.24, 2.45) is 11.1 Å². The lowest BCUT2D eigenvalue weighted by Crippen LogP contribution is -2.44. The summed E-state index contributed by atoms with van der Waals surface area (Å²) in [5, 5.41) is 0. The summed E-state index contributed by atoms with van der Waals surface area (Å²) >= 11 is 5.05. The maximum atomic E-state index is 5.68. The molecule has 0 aromatic heterocycles. The van der Waals surface area contributed by atoms with E-state index >= 15 is 0 Å². The fourth-order valence-corrected chi connectivity index (χ4v) is 3.09. The summed E-state index contributed by atoms with van der Waals surface area (Å²) in [6, 6.07) is 1.25. The highest BCUT2D eigenvalue weighted by molar-refractivity contribution is 7.80. The van der Waals surface area contributed by atoms with E-state index in [1.807, 2.05) is 0 Å². The number of thiocarbonyl (C=S) groups is 1. The zero-order valence-corrected chi connectivity index (χ0v) is 12.6. The fraction of sp³-hybridized carbons (Fsp3) is 0.929. The molecule has 0 aromatic rings. The average Bonchev–Trinajstić information content (AvgIpc) is 2.24. The molecular weight excluding hydrogens is 228 g/mol. The second-order valence-electron chi connectivity index (χ2n) is 6.29. The zero-order chi connectivity index (χ0) is 13.1. The first kappa shape index (κ1) is 14.9. The normalized spacial score (nSPS) is 22.6. The van der Waals surface area contributed by atoms with Crippen molar-refractivity contribution in [1.29, 1.82) is 0 Å². The molecule has 1 aliphatic rings. The largest absolute Gasteiger partial charge is 0.393 e. The number of nitrogens with two attached hydrogens (primary N) is 1. The van der Waals surface area contributed by atoms with Gasteiger partial charge in [-0.1, -0.05) is 33.0 Å². The molecule has 0 amide bonds. The van der Waals surface area contributed by atoms with Crippen molar-refractivity contribution < 1.29 is 0 Å². The van der Waals surface area contributed by atoms with Gasteiger partial charge in [0.25, 0.3) is 0 Å². The average molecular weight is 256 g/mol. The van der Waals surface area contributed by atoms with Gasteiger partial charge in [0.1, 0.15) is 0 Å². The molecule has 3 heteroatoms. The first-order valence-electron chi connectivity index (χ1n) is 6.86. The molecule has 1 rings (SSSR count). The van der Waals surface area contributed by atoms with Gasteiger partial charge in [0.05, 0.1) is 4.99 Å². The third-order valence-electron chi connectivity index (χ3n) is 4.37. The summed E-state index contributed by atoms with van der Waals surface area (Å²) in [7, 11) is 2.25. The van der Waals surface area contributed by atoms with Gasteiger partial charge in [-0.15, -0.1) is 0 Å². The third-order valence-corrected chi connectivity index (χ3v) is 4.54. The SMILES string of the molecule is CCC(CC(N)=S)N(C)C1CCC(C)(C)CC1. The summed E-state index contributed by atoms with van der Waals surface area (Å²) in [4.78, 5) is 3.17. The molecule has 1 fully saturated rings. The monoisotopic (exact) mass is 256 g/mol. The zero-order valence-electron chi connectivity index (χ0n) is 11.8. The van der Waals surface area contributed by atoms with E-state index in [0.717, 1.165) is 18.9 Å². The maximum absolute atomic E-state index is 5.68. The molecular formula is C14H28N2S. The molecule has 17 heavy (non-hydrogen) atoms. The van der Waals surface area contributed by atoms with Gasteiger partial charge >= 0.3 is 0 Å². The second-order valence-corrected chi connectivity index (χ2v) is 6.82. The highest BCUT2D eigenvalue weighted by Crippen LogP contribution is 2.37. The van der Waals surface area contributed by atoms with Crippen LogP contribution in [0, 0.1) is 5.41 Å². The van der Waals surface area contributed by atoms with Crippen LogP contribution in [0.1, 0.15) is 59.3 Å². The maximum Gasteiger partial charge on any atom is 0.0743 e. The third kappa shape index (κ3) is 4.55. The first-order valence-corrected chi connectivity index (χ1v) is 7.27. The predicted molar refractivity (Wildman–Crippen MR) is 79.3 cm³/mol. The Morgan fingerprint density at radius 1 is 1.41 bits per heavy atom. The summed E-state index contributed by atoms with van der Waals surface area (Å²) in [6.07, 6.45) is 7.31. The molecule has 0 radical (unpaired) electrons. The van der Waals surface area contributed by atoms with Gasteiger partial charge in [-0.2, -0.15) is 0 Å². The summed E-state index contributed by atoms with van der Waals surface area (Å²) in [5.74, 6) is 0. The number of hydrogen-bond donors (Lipinski definition) is 1. The van der Waals surface area contributed by atoms with Crippen molar-refractivity contribution in [2.75, 3.05) is 7.05 Å². The van der Waals surface area contributed by atoms with Crippen molar-refractivity contribution in [3.05, 3.63) is 0 Å². The lowest BCUT2D eigenvalue weighted by Gasteiger charge is -2.41. The minimum absolute atomic E-state index is 0.527. The Labute approximate surface area is 112 Å². The van der Waals surface area contributed by atoms with Crippen LogP contribution >= 0.6 is 12.2 Å². The van der Waals surface area contributed by atoms with Crippen LogP contribution in [0.5, 0.6) is 0 Å². The van der Waals surface area contributed by atoms with Gasteiger partial charge < -0.3 is 10.6 Å². The molecule has 2 nitrogen and oxygen atoms in total. The van der Waals surface area contributed by atoms with E-state index in [9.17, 15) is 0 Å². The Hall–Kier alpha value is -0.150. The topological polar surface area (TPSA) is 29.3 Å². The Morgan fingerprint density at radius 3 is 2.35 bits per heavy atom. The quantitative estimate of drug-likeness (QED) is 0.765. The van der Waals surface area contributed by atoms with Crippen molar-refractivity contribution >= 4 is 17.2 Å². The van der Waals surface area contributed by atoms with Gasteiger partial charge in [-0.05, 0) is 44.6 Å². The number of hydrogen-bond acceptors (Lipinski definition) is 2. The second kappa shape index (κ2) is 6.14. The lowest BCUT2D eigenvalue weighted by atomic mass is 9.75. The van der Waals surface area contributed by atoms with Gasteiger partial charge in [-0.25, -0.2) is 0 Å². The van der Waals surface area contributed by atoms with Crippen molar-refractivity contribution in [3.63, 3.8) is 0 Å². The number of nitrogens with zero attached hydrogens (tertiary/aromatic N) is 1. The van der Waals surface area contributed by atoms with Crippen LogP contribution in [0.15, 0.2) is 0 Å². The molecule has 2 N–H and O–H groups in total. The summed E-state index contributed by atoms with van der Waals surface area (Å²) in [5.41, 5.74) is 6.23. The highest BCUT2D eigenvalue weighted by Gasteiger charge is 2.30. The van der Waals surface area contributed by atoms with Gasteiger partial charge in [0, 0.05) is 18.5 Å². The van der Waals surface area contributed by atoms with Crippen LogP contribution in [0.25, 0.3) is 0 Å². The minimum atomic E-state index is 0.527. The van der Waals surface area contributed by atoms with E-state index < -0.39 is 0 Å². The Bertz CT molecular complexity index is 253. The van der Waals surface area contributed by atoms with E-state index in [2.05, 4.69) is 32.7 Å². The van der Waals surface area contributed by atoms with Crippen LogP contribution < -0.4 is 5.73 Å². The molecule has 1 aliphatic carbocycles. The van der Waals surface area contributed by atoms with E-state index in [4.69, 9.17) is 18.0 Å². The molecule has 0 bridgehead atoms. The molecule has 1 atom stereocenters. The predicted octanol–water partition coefficient (Wildman–Crippen LogP) is 3.34. The molecule has 0 aromatic carbocycles. The summed E-state index contributed by atoms with van der Waals surface area (Å²) < 4.78 is 0. The molecule has 0 saturated heterocycles. The fourth-order valence-electron chi connectivity index (χ4n) is 2.90. The van der Waals surface area contributed by atoms with Crippen LogP contribution in [-0.2, 0) is 0 Å². The molecule has 1 saturated carbocycles. The Kier molecular flexibility index (Phi) is 5.39. The molecule has 0 heterocycles. The highest BCUT2D eigenvalue weighted by atomic mass is 32.1. The van der Waals surface area contributed by atoms with E-state index in [0.29, 0.717) is 16.4 Å². The molecule has 1 unspecified atom stereocenters. The van der Waals surface area contributed by atoms with Gasteiger partial charge in [0.2, 0.25) is 0 Å². The van der Waals surface area contributed by atoms with Crippen molar-refractivity contribution in [1.82, 2.24) is 4.90 Å². The smallest absolute Gasteiger partial charge is 0.0743 e. The van der Waals surface area contributed by atoms with Crippen LogP contribution in [-0.4, -0.2) is 29.0 Å². The van der Waals surface area contributed by atoms with Gasteiger partial charge in [-0.3, -0.25) is 0 Å². The van der Waals surface area contributed by atoms with Crippen LogP contribution in [0.3, 0.4) is 0 Å².